The van der Waals surface area contributed by atoms with E-state index in [9.17, 15) is 30.8 Å². The van der Waals surface area contributed by atoms with E-state index in [1.807, 2.05) is 13.8 Å². The quantitative estimate of drug-likeness (QED) is 0.326. The topological polar surface area (TPSA) is 65.4 Å². The summed E-state index contributed by atoms with van der Waals surface area (Å²) in [6, 6.07) is 8.64. The van der Waals surface area contributed by atoms with E-state index < -0.39 is 32.8 Å². The second kappa shape index (κ2) is 7.75. The molecule has 160 valence electrons. The van der Waals surface area contributed by atoms with Crippen molar-refractivity contribution in [2.24, 2.45) is 5.92 Å². The third kappa shape index (κ3) is 4.33. The molecule has 0 unspecified atom stereocenters. The Kier molecular flexibility index (Phi) is 5.64. The molecule has 0 radical (unpaired) electrons. The van der Waals surface area contributed by atoms with Crippen molar-refractivity contribution in [3.05, 3.63) is 64.8 Å². The number of fused-ring (bicyclic) bond motifs is 1. The molecule has 1 aromatic heterocycles. The van der Waals surface area contributed by atoms with Crippen LogP contribution in [0.4, 0.5) is 17.6 Å². The van der Waals surface area contributed by atoms with Gasteiger partial charge < -0.3 is 8.75 Å². The van der Waals surface area contributed by atoms with Crippen LogP contribution in [0.15, 0.2) is 53.5 Å². The van der Waals surface area contributed by atoms with Crippen LogP contribution in [0.25, 0.3) is 21.9 Å². The molecule has 0 spiro atoms. The largest absolute Gasteiger partial charge is 0.534 e. The normalized spacial score (nSPS) is 12.5. The van der Waals surface area contributed by atoms with Gasteiger partial charge in [0, 0.05) is 29.1 Å². The highest BCUT2D eigenvalue weighted by molar-refractivity contribution is 7.88. The van der Waals surface area contributed by atoms with E-state index in [-0.39, 0.29) is 16.7 Å². The Morgan fingerprint density at radius 1 is 1.07 bits per heavy atom. The van der Waals surface area contributed by atoms with Gasteiger partial charge in [-0.3, -0.25) is 4.79 Å². The van der Waals surface area contributed by atoms with Crippen molar-refractivity contribution >= 4 is 20.9 Å². The molecule has 5 nitrogen and oxygen atoms in total. The lowest BCUT2D eigenvalue weighted by atomic mass is 10.00. The molecular weight excluding hydrogens is 426 g/mol. The molecule has 1 heterocycles. The summed E-state index contributed by atoms with van der Waals surface area (Å²) in [5.41, 5.74) is -5.30. The zero-order valence-corrected chi connectivity index (χ0v) is 16.7. The van der Waals surface area contributed by atoms with Crippen molar-refractivity contribution in [3.8, 4) is 16.9 Å². The van der Waals surface area contributed by atoms with Crippen molar-refractivity contribution in [2.75, 3.05) is 0 Å². The molecule has 0 atom stereocenters. The van der Waals surface area contributed by atoms with Gasteiger partial charge in [-0.2, -0.15) is 21.6 Å². The number of hydrogen-bond donors (Lipinski definition) is 0. The van der Waals surface area contributed by atoms with E-state index in [1.54, 1.807) is 6.07 Å². The Hall–Kier alpha value is -2.88. The van der Waals surface area contributed by atoms with Gasteiger partial charge in [0.15, 0.2) is 0 Å². The minimum Gasteiger partial charge on any atom is -0.376 e. The Bertz CT molecular complexity index is 1260. The predicted molar refractivity (Wildman–Crippen MR) is 104 cm³/mol. The summed E-state index contributed by atoms with van der Waals surface area (Å²) in [7, 11) is -5.88. The lowest BCUT2D eigenvalue weighted by Crippen LogP contribution is -2.28. The summed E-state index contributed by atoms with van der Waals surface area (Å²) in [4.78, 5) is 12.8. The Balaban J connectivity index is 2.27. The number of halogens is 4. The number of aromatic nitrogens is 1. The van der Waals surface area contributed by atoms with Gasteiger partial charge in [0.1, 0.15) is 11.6 Å². The van der Waals surface area contributed by atoms with E-state index in [4.69, 9.17) is 0 Å². The van der Waals surface area contributed by atoms with Gasteiger partial charge in [-0.25, -0.2) is 4.39 Å². The molecular formula is C20H17F4NO4S. The molecule has 3 aromatic rings. The summed E-state index contributed by atoms with van der Waals surface area (Å²) < 4.78 is 80.0. The monoisotopic (exact) mass is 443 g/mol. The van der Waals surface area contributed by atoms with E-state index in [0.29, 0.717) is 17.7 Å². The first-order chi connectivity index (χ1) is 13.9. The Labute approximate surface area is 169 Å². The van der Waals surface area contributed by atoms with Crippen LogP contribution in [-0.4, -0.2) is 18.5 Å². The van der Waals surface area contributed by atoms with Crippen molar-refractivity contribution in [3.63, 3.8) is 0 Å². The standard InChI is InChI=1S/C20H17F4NO4S/c1-12(2)10-25-11-18(13-4-3-5-14(21)8-13)17-9-15(6-7-16(17)19(25)26)29-30(27,28)20(22,23)24/h3-9,11-12H,10H2,1-2H3. The van der Waals surface area contributed by atoms with Crippen LogP contribution in [0.1, 0.15) is 13.8 Å². The zero-order chi connectivity index (χ0) is 22.3. The summed E-state index contributed by atoms with van der Waals surface area (Å²) >= 11 is 0. The van der Waals surface area contributed by atoms with Gasteiger partial charge >= 0.3 is 15.6 Å². The van der Waals surface area contributed by atoms with E-state index in [2.05, 4.69) is 4.18 Å². The molecule has 30 heavy (non-hydrogen) atoms. The molecule has 0 aliphatic carbocycles. The van der Waals surface area contributed by atoms with Crippen LogP contribution in [0.3, 0.4) is 0 Å². The van der Waals surface area contributed by atoms with Crippen molar-refractivity contribution in [2.45, 2.75) is 25.9 Å². The average molecular weight is 443 g/mol. The average Bonchev–Trinajstić information content (AvgIpc) is 2.62. The number of rotatable bonds is 5. The fraction of sp³-hybridized carbons (Fsp3) is 0.250. The second-order valence-corrected chi connectivity index (χ2v) is 8.63. The van der Waals surface area contributed by atoms with Crippen molar-refractivity contribution in [1.29, 1.82) is 0 Å². The van der Waals surface area contributed by atoms with Crippen LogP contribution in [0, 0.1) is 11.7 Å². The first kappa shape index (κ1) is 21.8. The summed E-state index contributed by atoms with van der Waals surface area (Å²) in [5, 5.41) is 0.273. The molecule has 0 bridgehead atoms. The van der Waals surface area contributed by atoms with Gasteiger partial charge in [0.05, 0.1) is 0 Å². The number of nitrogens with zero attached hydrogens (tertiary/aromatic N) is 1. The molecule has 0 aliphatic heterocycles. The van der Waals surface area contributed by atoms with Gasteiger partial charge in [-0.1, -0.05) is 26.0 Å². The molecule has 3 rings (SSSR count). The highest BCUT2D eigenvalue weighted by Crippen LogP contribution is 2.32. The summed E-state index contributed by atoms with van der Waals surface area (Å²) in [6.45, 7) is 4.16. The van der Waals surface area contributed by atoms with Crippen LogP contribution in [0.2, 0.25) is 0 Å². The maximum Gasteiger partial charge on any atom is 0.534 e. The zero-order valence-electron chi connectivity index (χ0n) is 15.9. The molecule has 0 fully saturated rings. The fourth-order valence-corrected chi connectivity index (χ4v) is 3.46. The van der Waals surface area contributed by atoms with Crippen molar-refractivity contribution in [1.82, 2.24) is 4.57 Å². The molecule has 0 N–H and O–H groups in total. The minimum atomic E-state index is -5.88. The maximum absolute atomic E-state index is 13.8. The Morgan fingerprint density at radius 2 is 1.77 bits per heavy atom. The fourth-order valence-electron chi connectivity index (χ4n) is 3.01. The number of hydrogen-bond acceptors (Lipinski definition) is 4. The second-order valence-electron chi connectivity index (χ2n) is 7.10. The molecule has 0 saturated carbocycles. The predicted octanol–water partition coefficient (Wildman–Crippen LogP) is 4.69. The van der Waals surface area contributed by atoms with Crippen LogP contribution in [0.5, 0.6) is 5.75 Å². The first-order valence-electron chi connectivity index (χ1n) is 8.83. The smallest absolute Gasteiger partial charge is 0.376 e. The van der Waals surface area contributed by atoms with Gasteiger partial charge in [0.25, 0.3) is 5.56 Å². The SMILES string of the molecule is CC(C)Cn1cc(-c2cccc(F)c2)c2cc(OS(=O)(=O)C(F)(F)F)ccc2c1=O. The molecule has 10 heteroatoms. The molecule has 0 saturated heterocycles. The van der Waals surface area contributed by atoms with Crippen molar-refractivity contribution < 1.29 is 30.2 Å². The van der Waals surface area contributed by atoms with Gasteiger partial charge in [0.2, 0.25) is 0 Å². The minimum absolute atomic E-state index is 0.111. The van der Waals surface area contributed by atoms with Crippen LogP contribution in [-0.2, 0) is 16.7 Å². The molecule has 2 aromatic carbocycles. The maximum atomic E-state index is 13.8. The lowest BCUT2D eigenvalue weighted by Gasteiger charge is -2.15. The highest BCUT2D eigenvalue weighted by Gasteiger charge is 2.48. The van der Waals surface area contributed by atoms with Crippen LogP contribution < -0.4 is 9.74 Å². The van der Waals surface area contributed by atoms with E-state index >= 15 is 0 Å². The van der Waals surface area contributed by atoms with Gasteiger partial charge in [-0.15, -0.1) is 0 Å². The number of alkyl halides is 3. The number of pyridine rings is 1. The number of benzene rings is 2. The van der Waals surface area contributed by atoms with E-state index in [0.717, 1.165) is 12.1 Å². The summed E-state index contributed by atoms with van der Waals surface area (Å²) in [5.74, 6) is -1.05. The van der Waals surface area contributed by atoms with Gasteiger partial charge in [-0.05, 0) is 41.8 Å². The summed E-state index contributed by atoms with van der Waals surface area (Å²) in [6.07, 6.45) is 1.47. The third-order valence-electron chi connectivity index (χ3n) is 4.24. The lowest BCUT2D eigenvalue weighted by molar-refractivity contribution is -0.0500. The van der Waals surface area contributed by atoms with Crippen LogP contribution >= 0.6 is 0 Å². The molecule has 0 amide bonds. The van der Waals surface area contributed by atoms with E-state index in [1.165, 1.54) is 35.0 Å². The highest BCUT2D eigenvalue weighted by atomic mass is 32.2. The first-order valence-corrected chi connectivity index (χ1v) is 10.2. The Morgan fingerprint density at radius 3 is 2.37 bits per heavy atom. The molecule has 0 aliphatic rings. The third-order valence-corrected chi connectivity index (χ3v) is 5.22.